The van der Waals surface area contributed by atoms with Crippen LogP contribution in [0.5, 0.6) is 0 Å². The third-order valence-corrected chi connectivity index (χ3v) is 5.76. The lowest BCUT2D eigenvalue weighted by Crippen LogP contribution is -2.35. The summed E-state index contributed by atoms with van der Waals surface area (Å²) in [6.45, 7) is 1.87. The topological polar surface area (TPSA) is 61.4 Å². The maximum atomic E-state index is 14.7. The van der Waals surface area contributed by atoms with Crippen molar-refractivity contribution in [1.82, 2.24) is 10.2 Å². The molecule has 0 aromatic heterocycles. The molecule has 1 aliphatic carbocycles. The van der Waals surface area contributed by atoms with Crippen molar-refractivity contribution >= 4 is 17.5 Å². The van der Waals surface area contributed by atoms with Gasteiger partial charge in [0.05, 0.1) is 11.6 Å². The third-order valence-electron chi connectivity index (χ3n) is 5.76. The fourth-order valence-corrected chi connectivity index (χ4v) is 4.34. The second kappa shape index (κ2) is 6.75. The summed E-state index contributed by atoms with van der Waals surface area (Å²) in [6.07, 6.45) is 5.24. The number of benzene rings is 1. The van der Waals surface area contributed by atoms with E-state index < -0.39 is 0 Å². The Kier molecular flexibility index (Phi) is 4.46. The van der Waals surface area contributed by atoms with Crippen LogP contribution in [-0.4, -0.2) is 35.8 Å². The lowest BCUT2D eigenvalue weighted by atomic mass is 9.99. The van der Waals surface area contributed by atoms with Crippen molar-refractivity contribution < 1.29 is 14.0 Å². The number of hydrogen-bond donors (Lipinski definition) is 2. The molecule has 0 radical (unpaired) electrons. The van der Waals surface area contributed by atoms with Gasteiger partial charge in [-0.2, -0.15) is 0 Å². The average molecular weight is 345 g/mol. The van der Waals surface area contributed by atoms with Crippen LogP contribution in [-0.2, 0) is 22.6 Å². The van der Waals surface area contributed by atoms with Gasteiger partial charge in [-0.1, -0.05) is 18.9 Å². The van der Waals surface area contributed by atoms with Crippen molar-refractivity contribution in [2.45, 2.75) is 51.1 Å². The van der Waals surface area contributed by atoms with E-state index in [2.05, 4.69) is 10.6 Å². The number of hydrogen-bond acceptors (Lipinski definition) is 3. The van der Waals surface area contributed by atoms with Crippen LogP contribution in [0, 0.1) is 11.7 Å². The summed E-state index contributed by atoms with van der Waals surface area (Å²) in [5.74, 6) is -0.903. The number of likely N-dealkylation sites (tertiary alicyclic amines) is 1. The number of nitrogens with zero attached hydrogens (tertiary/aromatic N) is 1. The number of amides is 2. The number of halogens is 1. The number of nitrogens with one attached hydrogen (secondary N) is 2. The average Bonchev–Trinajstić information content (AvgIpc) is 3.27. The van der Waals surface area contributed by atoms with Gasteiger partial charge in [0.15, 0.2) is 0 Å². The Labute approximate surface area is 147 Å². The maximum Gasteiger partial charge on any atom is 0.229 e. The van der Waals surface area contributed by atoms with Crippen LogP contribution < -0.4 is 10.6 Å². The largest absolute Gasteiger partial charge is 0.339 e. The fraction of sp³-hybridized carbons (Fsp3) is 0.579. The quantitative estimate of drug-likeness (QED) is 0.883. The molecule has 1 saturated heterocycles. The van der Waals surface area contributed by atoms with Crippen LogP contribution in [0.2, 0.25) is 0 Å². The zero-order chi connectivity index (χ0) is 17.4. The highest BCUT2D eigenvalue weighted by Crippen LogP contribution is 2.31. The van der Waals surface area contributed by atoms with E-state index in [1.54, 1.807) is 6.07 Å². The Morgan fingerprint density at radius 1 is 1.28 bits per heavy atom. The predicted molar refractivity (Wildman–Crippen MR) is 92.5 cm³/mol. The maximum absolute atomic E-state index is 14.7. The van der Waals surface area contributed by atoms with E-state index in [9.17, 15) is 14.0 Å². The molecule has 0 bridgehead atoms. The Bertz CT molecular complexity index is 700. The Hall–Kier alpha value is -1.95. The van der Waals surface area contributed by atoms with E-state index in [1.165, 1.54) is 0 Å². The third kappa shape index (κ3) is 3.15. The van der Waals surface area contributed by atoms with Gasteiger partial charge in [-0.25, -0.2) is 4.39 Å². The minimum Gasteiger partial charge on any atom is -0.339 e. The molecule has 2 fully saturated rings. The standard InChI is InChI=1S/C19H24FN3O2/c20-18-15-7-8-21-10-12(15)5-6-16(18)22-19(25)13-9-17(24)23(11-13)14-3-1-2-4-14/h5-6,13-14,21H,1-4,7-11H2,(H,22,25). The van der Waals surface area contributed by atoms with Gasteiger partial charge in [-0.05, 0) is 43.0 Å². The molecule has 0 spiro atoms. The van der Waals surface area contributed by atoms with Crippen molar-refractivity contribution in [1.29, 1.82) is 0 Å². The van der Waals surface area contributed by atoms with Gasteiger partial charge in [0, 0.05) is 25.6 Å². The first-order valence-electron chi connectivity index (χ1n) is 9.25. The van der Waals surface area contributed by atoms with Gasteiger partial charge in [0.25, 0.3) is 0 Å². The first-order valence-corrected chi connectivity index (χ1v) is 9.25. The molecule has 134 valence electrons. The first kappa shape index (κ1) is 16.5. The van der Waals surface area contributed by atoms with Gasteiger partial charge in [-0.3, -0.25) is 9.59 Å². The molecule has 1 aromatic carbocycles. The van der Waals surface area contributed by atoms with Crippen LogP contribution >= 0.6 is 0 Å². The summed E-state index contributed by atoms with van der Waals surface area (Å²) in [4.78, 5) is 26.7. The highest BCUT2D eigenvalue weighted by molar-refractivity contribution is 5.97. The minimum atomic E-state index is -0.384. The van der Waals surface area contributed by atoms with Gasteiger partial charge in [0.1, 0.15) is 5.82 Å². The summed E-state index contributed by atoms with van der Waals surface area (Å²) >= 11 is 0. The molecule has 2 heterocycles. The second-order valence-corrected chi connectivity index (χ2v) is 7.37. The lowest BCUT2D eigenvalue weighted by molar-refractivity contribution is -0.129. The first-order chi connectivity index (χ1) is 12.1. The van der Waals surface area contributed by atoms with E-state index in [0.717, 1.165) is 37.8 Å². The SMILES string of the molecule is O=C(Nc1ccc2c(c1F)CCNC2)C1CC(=O)N(C2CCCC2)C1. The Morgan fingerprint density at radius 3 is 2.88 bits per heavy atom. The summed E-state index contributed by atoms with van der Waals surface area (Å²) in [6, 6.07) is 3.79. The van der Waals surface area contributed by atoms with Gasteiger partial charge in [-0.15, -0.1) is 0 Å². The minimum absolute atomic E-state index is 0.0593. The molecule has 1 unspecified atom stereocenters. The molecule has 1 aromatic rings. The fourth-order valence-electron chi connectivity index (χ4n) is 4.34. The molecule has 25 heavy (non-hydrogen) atoms. The number of rotatable bonds is 3. The van der Waals surface area contributed by atoms with Crippen LogP contribution in [0.15, 0.2) is 12.1 Å². The highest BCUT2D eigenvalue weighted by Gasteiger charge is 2.38. The van der Waals surface area contributed by atoms with Crippen LogP contribution in [0.4, 0.5) is 10.1 Å². The molecule has 1 atom stereocenters. The number of fused-ring (bicyclic) bond motifs is 1. The van der Waals surface area contributed by atoms with E-state index in [0.29, 0.717) is 31.1 Å². The molecule has 6 heteroatoms. The van der Waals surface area contributed by atoms with Crippen molar-refractivity contribution in [3.63, 3.8) is 0 Å². The lowest BCUT2D eigenvalue weighted by Gasteiger charge is -2.24. The predicted octanol–water partition coefficient (Wildman–Crippen LogP) is 2.20. The molecule has 5 nitrogen and oxygen atoms in total. The van der Waals surface area contributed by atoms with Gasteiger partial charge < -0.3 is 15.5 Å². The Balaban J connectivity index is 1.45. The monoisotopic (exact) mass is 345 g/mol. The van der Waals surface area contributed by atoms with Crippen LogP contribution in [0.1, 0.15) is 43.2 Å². The highest BCUT2D eigenvalue weighted by atomic mass is 19.1. The number of anilines is 1. The number of carbonyl (C=O) groups is 2. The van der Waals surface area contributed by atoms with Crippen molar-refractivity contribution in [2.75, 3.05) is 18.4 Å². The smallest absolute Gasteiger partial charge is 0.229 e. The normalized spacial score (nSPS) is 23.8. The summed E-state index contributed by atoms with van der Waals surface area (Å²) < 4.78 is 14.7. The zero-order valence-corrected chi connectivity index (χ0v) is 14.3. The second-order valence-electron chi connectivity index (χ2n) is 7.37. The van der Waals surface area contributed by atoms with E-state index in [4.69, 9.17) is 0 Å². The van der Waals surface area contributed by atoms with E-state index in [1.807, 2.05) is 11.0 Å². The van der Waals surface area contributed by atoms with Gasteiger partial charge >= 0.3 is 0 Å². The molecular formula is C19H24FN3O2. The van der Waals surface area contributed by atoms with Crippen molar-refractivity contribution in [2.24, 2.45) is 5.92 Å². The van der Waals surface area contributed by atoms with Crippen LogP contribution in [0.3, 0.4) is 0 Å². The Morgan fingerprint density at radius 2 is 2.08 bits per heavy atom. The van der Waals surface area contributed by atoms with E-state index in [-0.39, 0.29) is 35.7 Å². The van der Waals surface area contributed by atoms with E-state index >= 15 is 0 Å². The molecule has 2 aliphatic heterocycles. The molecule has 2 amide bonds. The number of carbonyl (C=O) groups excluding carboxylic acids is 2. The summed E-state index contributed by atoms with van der Waals surface area (Å²) in [7, 11) is 0. The molecule has 2 N–H and O–H groups in total. The van der Waals surface area contributed by atoms with Crippen molar-refractivity contribution in [3.05, 3.63) is 29.1 Å². The summed E-state index contributed by atoms with van der Waals surface area (Å²) in [5.41, 5.74) is 1.87. The van der Waals surface area contributed by atoms with Crippen molar-refractivity contribution in [3.8, 4) is 0 Å². The summed E-state index contributed by atoms with van der Waals surface area (Å²) in [5, 5.41) is 5.93. The molecule has 1 saturated carbocycles. The molecule has 4 rings (SSSR count). The van der Waals surface area contributed by atoms with Crippen LogP contribution in [0.25, 0.3) is 0 Å². The van der Waals surface area contributed by atoms with Gasteiger partial charge in [0.2, 0.25) is 11.8 Å². The molecule has 3 aliphatic rings. The zero-order valence-electron chi connectivity index (χ0n) is 14.3. The molecular weight excluding hydrogens is 321 g/mol.